The summed E-state index contributed by atoms with van der Waals surface area (Å²) >= 11 is 1.71. The molecular weight excluding hydrogens is 789 g/mol. The standard InChI is InChI=1S/C41H72N4O13S/c1-3-9-43-41(48)35-32-38-37(44-39(42)33-35)34-36(59-38)7-5-4-6-10-45(2)11-13-50-15-17-52-19-21-54-23-25-56-27-29-58-31-30-57-28-26-55-24-22-53-20-18-51-16-14-49-12-8-40(46)47/h32,34H,3-31,33H2,1-2H3,(H2,42,44)(H,43,48)(H,46,47). The van der Waals surface area contributed by atoms with Crippen LogP contribution in [0.15, 0.2) is 16.6 Å². The van der Waals surface area contributed by atoms with Crippen LogP contribution in [0.25, 0.3) is 6.08 Å². The van der Waals surface area contributed by atoms with Crippen molar-refractivity contribution in [1.82, 2.24) is 10.2 Å². The number of unbranched alkanes of at least 4 members (excludes halogenated alkanes) is 2. The van der Waals surface area contributed by atoms with E-state index in [0.717, 1.165) is 55.8 Å². The average Bonchev–Trinajstić information content (AvgIpc) is 3.51. The van der Waals surface area contributed by atoms with E-state index in [2.05, 4.69) is 28.3 Å². The maximum atomic E-state index is 12.5. The van der Waals surface area contributed by atoms with E-state index < -0.39 is 5.97 Å². The number of hydrogen-bond donors (Lipinski definition) is 3. The number of carboxylic acid groups (broad SMARTS) is 1. The van der Waals surface area contributed by atoms with E-state index >= 15 is 0 Å². The van der Waals surface area contributed by atoms with Crippen molar-refractivity contribution in [2.24, 2.45) is 10.7 Å². The fourth-order valence-corrected chi connectivity index (χ4v) is 6.40. The number of thiophene rings is 1. The minimum absolute atomic E-state index is 0.00501. The highest BCUT2D eigenvalue weighted by molar-refractivity contribution is 7.13. The Balaban J connectivity index is 1.25. The third kappa shape index (κ3) is 30.1. The molecule has 0 spiro atoms. The highest BCUT2D eigenvalue weighted by Crippen LogP contribution is 2.35. The largest absolute Gasteiger partial charge is 0.481 e. The molecule has 340 valence electrons. The second-order valence-corrected chi connectivity index (χ2v) is 14.7. The first-order valence-corrected chi connectivity index (χ1v) is 21.8. The molecule has 1 aromatic rings. The predicted molar refractivity (Wildman–Crippen MR) is 227 cm³/mol. The van der Waals surface area contributed by atoms with Gasteiger partial charge in [0.05, 0.1) is 149 Å². The summed E-state index contributed by atoms with van der Waals surface area (Å²) in [7, 11) is 2.13. The number of carbonyl (C=O) groups is 2. The first-order valence-electron chi connectivity index (χ1n) is 21.0. The highest BCUT2D eigenvalue weighted by atomic mass is 32.1. The predicted octanol–water partition coefficient (Wildman–Crippen LogP) is 3.34. The number of ether oxygens (including phenoxy) is 10. The zero-order chi connectivity index (χ0) is 42.4. The molecular formula is C41H72N4O13S. The van der Waals surface area contributed by atoms with Gasteiger partial charge in [-0.05, 0) is 51.4 Å². The summed E-state index contributed by atoms with van der Waals surface area (Å²) in [5.74, 6) is -0.461. The van der Waals surface area contributed by atoms with Crippen molar-refractivity contribution in [3.63, 3.8) is 0 Å². The summed E-state index contributed by atoms with van der Waals surface area (Å²) in [6.07, 6.45) is 7.59. The van der Waals surface area contributed by atoms with Gasteiger partial charge in [-0.15, -0.1) is 11.3 Å². The van der Waals surface area contributed by atoms with Crippen molar-refractivity contribution in [2.75, 3.05) is 159 Å². The van der Waals surface area contributed by atoms with Crippen LogP contribution in [0.4, 0.5) is 5.69 Å². The Morgan fingerprint density at radius 2 is 1.15 bits per heavy atom. The SMILES string of the molecule is CCCNC(=O)C1=Cc2sc(CCCCCN(C)CCOCCOCCOCCOCCOCCOCCOCCOCCOCCOCCC(=O)O)cc2N=C(N)C1. The molecule has 4 N–H and O–H groups in total. The number of nitrogens with two attached hydrogens (primary N) is 1. The number of hydrogen-bond acceptors (Lipinski definition) is 16. The third-order valence-electron chi connectivity index (χ3n) is 8.45. The molecule has 0 saturated carbocycles. The zero-order valence-corrected chi connectivity index (χ0v) is 36.4. The van der Waals surface area contributed by atoms with Crippen LogP contribution in [0, 0.1) is 0 Å². The van der Waals surface area contributed by atoms with E-state index in [0.29, 0.717) is 150 Å². The molecule has 0 radical (unpaired) electrons. The Kier molecular flexibility index (Phi) is 33.1. The maximum Gasteiger partial charge on any atom is 0.305 e. The van der Waals surface area contributed by atoms with Crippen LogP contribution in [0.2, 0.25) is 0 Å². The van der Waals surface area contributed by atoms with Crippen LogP contribution in [0.3, 0.4) is 0 Å². The number of aryl methyl sites for hydroxylation is 1. The lowest BCUT2D eigenvalue weighted by molar-refractivity contribution is -0.138. The molecule has 1 amide bonds. The number of amidine groups is 1. The van der Waals surface area contributed by atoms with Crippen LogP contribution in [-0.4, -0.2) is 187 Å². The summed E-state index contributed by atoms with van der Waals surface area (Å²) < 4.78 is 54.7. The Bertz CT molecular complexity index is 1270. The van der Waals surface area contributed by atoms with Gasteiger partial charge in [0.2, 0.25) is 5.91 Å². The molecule has 2 heterocycles. The van der Waals surface area contributed by atoms with Crippen molar-refractivity contribution < 1.29 is 62.1 Å². The molecule has 18 heteroatoms. The second kappa shape index (κ2) is 37.2. The number of likely N-dealkylation sites (N-methyl/N-ethyl adjacent to an activating group) is 1. The van der Waals surface area contributed by atoms with Crippen LogP contribution < -0.4 is 11.1 Å². The molecule has 0 unspecified atom stereocenters. The summed E-state index contributed by atoms with van der Waals surface area (Å²) in [5, 5.41) is 11.5. The molecule has 0 saturated heterocycles. The number of amides is 1. The molecule has 1 aliphatic heterocycles. The van der Waals surface area contributed by atoms with Gasteiger partial charge in [0.15, 0.2) is 0 Å². The summed E-state index contributed by atoms with van der Waals surface area (Å²) in [5.41, 5.74) is 7.65. The lowest BCUT2D eigenvalue weighted by Gasteiger charge is -2.16. The monoisotopic (exact) mass is 860 g/mol. The number of nitrogens with one attached hydrogen (secondary N) is 1. The topological polar surface area (TPSA) is 200 Å². The van der Waals surface area contributed by atoms with E-state index in [9.17, 15) is 9.59 Å². The van der Waals surface area contributed by atoms with Gasteiger partial charge in [0.1, 0.15) is 5.84 Å². The van der Waals surface area contributed by atoms with Crippen molar-refractivity contribution in [2.45, 2.75) is 51.9 Å². The number of fused-ring (bicyclic) bond motifs is 1. The van der Waals surface area contributed by atoms with E-state index in [1.807, 2.05) is 13.0 Å². The molecule has 17 nitrogen and oxygen atoms in total. The average molecular weight is 861 g/mol. The van der Waals surface area contributed by atoms with Gasteiger partial charge < -0.3 is 68.4 Å². The first kappa shape index (κ1) is 52.5. The number of carbonyl (C=O) groups excluding carboxylic acids is 1. The Morgan fingerprint density at radius 1 is 0.695 bits per heavy atom. The number of nitrogens with zero attached hydrogens (tertiary/aromatic N) is 2. The Labute approximate surface area is 355 Å². The summed E-state index contributed by atoms with van der Waals surface area (Å²) in [4.78, 5) is 32.0. The number of carboxylic acids is 1. The van der Waals surface area contributed by atoms with Gasteiger partial charge in [0.25, 0.3) is 0 Å². The molecule has 0 atom stereocenters. The van der Waals surface area contributed by atoms with Gasteiger partial charge in [-0.25, -0.2) is 4.99 Å². The molecule has 0 bridgehead atoms. The Hall–Kier alpha value is -2.59. The number of rotatable bonds is 42. The van der Waals surface area contributed by atoms with Crippen molar-refractivity contribution in [3.05, 3.63) is 21.4 Å². The number of aliphatic carboxylic acids is 1. The van der Waals surface area contributed by atoms with E-state index in [1.54, 1.807) is 11.3 Å². The molecule has 1 aliphatic rings. The minimum Gasteiger partial charge on any atom is -0.481 e. The van der Waals surface area contributed by atoms with Gasteiger partial charge in [-0.1, -0.05) is 13.3 Å². The minimum atomic E-state index is -0.876. The van der Waals surface area contributed by atoms with Gasteiger partial charge in [0, 0.05) is 30.0 Å². The van der Waals surface area contributed by atoms with Crippen molar-refractivity contribution in [1.29, 1.82) is 0 Å². The fraction of sp³-hybridized carbons (Fsp3) is 0.780. The normalized spacial score (nSPS) is 12.7. The molecule has 1 aromatic heterocycles. The van der Waals surface area contributed by atoms with E-state index in [-0.39, 0.29) is 18.9 Å². The van der Waals surface area contributed by atoms with Gasteiger partial charge >= 0.3 is 5.97 Å². The molecule has 2 rings (SSSR count). The smallest absolute Gasteiger partial charge is 0.305 e. The Morgan fingerprint density at radius 3 is 1.61 bits per heavy atom. The fourth-order valence-electron chi connectivity index (χ4n) is 5.29. The zero-order valence-electron chi connectivity index (χ0n) is 35.6. The lowest BCUT2D eigenvalue weighted by atomic mass is 10.1. The maximum absolute atomic E-state index is 12.5. The van der Waals surface area contributed by atoms with Crippen molar-refractivity contribution in [3.8, 4) is 0 Å². The summed E-state index contributed by atoms with van der Waals surface area (Å²) in [6, 6.07) is 2.12. The molecule has 59 heavy (non-hydrogen) atoms. The first-order chi connectivity index (χ1) is 28.9. The van der Waals surface area contributed by atoms with E-state index in [4.69, 9.17) is 58.2 Å². The van der Waals surface area contributed by atoms with E-state index in [1.165, 1.54) is 4.88 Å². The van der Waals surface area contributed by atoms with Crippen LogP contribution in [0.1, 0.15) is 55.2 Å². The quantitative estimate of drug-likeness (QED) is 0.0809. The third-order valence-corrected chi connectivity index (χ3v) is 9.58. The molecule has 0 aliphatic carbocycles. The van der Waals surface area contributed by atoms with Gasteiger partial charge in [-0.3, -0.25) is 9.59 Å². The molecule has 0 fully saturated rings. The van der Waals surface area contributed by atoms with Gasteiger partial charge in [-0.2, -0.15) is 0 Å². The van der Waals surface area contributed by atoms with Crippen LogP contribution in [0.5, 0.6) is 0 Å². The number of aliphatic imine (C=N–C) groups is 1. The molecule has 0 aromatic carbocycles. The second-order valence-electron chi connectivity index (χ2n) is 13.5. The highest BCUT2D eigenvalue weighted by Gasteiger charge is 2.18. The van der Waals surface area contributed by atoms with Crippen molar-refractivity contribution >= 4 is 40.8 Å². The summed E-state index contributed by atoms with van der Waals surface area (Å²) in [6.45, 7) is 14.1. The van der Waals surface area contributed by atoms with Crippen LogP contribution in [-0.2, 0) is 63.4 Å². The van der Waals surface area contributed by atoms with Crippen LogP contribution >= 0.6 is 11.3 Å². The lowest BCUT2D eigenvalue weighted by Crippen LogP contribution is -2.27.